The second-order valence-electron chi connectivity index (χ2n) is 9.01. The molecule has 1 saturated carbocycles. The van der Waals surface area contributed by atoms with Crippen molar-refractivity contribution in [2.45, 2.75) is 58.4 Å². The Morgan fingerprint density at radius 2 is 1.81 bits per heavy atom. The van der Waals surface area contributed by atoms with Gasteiger partial charge in [0.05, 0.1) is 0 Å². The largest absolute Gasteiger partial charge is 0.352 e. The van der Waals surface area contributed by atoms with Crippen LogP contribution >= 0.6 is 0 Å². The number of urea groups is 1. The number of likely N-dealkylation sites (N-methyl/N-ethyl adjacent to an activating group) is 1. The molecule has 5 amide bonds. The number of carbonyl (C=O) groups excluding carboxylic acids is 4. The second-order valence-corrected chi connectivity index (χ2v) is 9.01. The van der Waals surface area contributed by atoms with Gasteiger partial charge in [-0.3, -0.25) is 19.3 Å². The molecule has 1 saturated heterocycles. The summed E-state index contributed by atoms with van der Waals surface area (Å²) < 4.78 is 0. The Hall–Kier alpha value is -2.90. The van der Waals surface area contributed by atoms with Crippen molar-refractivity contribution in [3.63, 3.8) is 0 Å². The van der Waals surface area contributed by atoms with Crippen molar-refractivity contribution in [2.75, 3.05) is 25.5 Å². The Morgan fingerprint density at radius 3 is 2.42 bits per heavy atom. The van der Waals surface area contributed by atoms with Crippen LogP contribution < -0.4 is 10.6 Å². The van der Waals surface area contributed by atoms with E-state index in [-0.39, 0.29) is 18.4 Å². The van der Waals surface area contributed by atoms with Gasteiger partial charge in [0.1, 0.15) is 12.1 Å². The average Bonchev–Trinajstić information content (AvgIpc) is 2.90. The van der Waals surface area contributed by atoms with Gasteiger partial charge in [0.2, 0.25) is 5.91 Å². The summed E-state index contributed by atoms with van der Waals surface area (Å²) in [4.78, 5) is 53.1. The molecule has 2 aliphatic rings. The van der Waals surface area contributed by atoms with E-state index in [0.29, 0.717) is 36.6 Å². The van der Waals surface area contributed by atoms with Gasteiger partial charge in [-0.05, 0) is 49.4 Å². The molecule has 1 aromatic carbocycles. The molecule has 2 N–H and O–H groups in total. The van der Waals surface area contributed by atoms with Crippen molar-refractivity contribution >= 4 is 29.4 Å². The van der Waals surface area contributed by atoms with E-state index in [4.69, 9.17) is 0 Å². The Labute approximate surface area is 183 Å². The van der Waals surface area contributed by atoms with Crippen molar-refractivity contribution in [3.8, 4) is 0 Å². The van der Waals surface area contributed by atoms with Crippen LogP contribution in [0.5, 0.6) is 0 Å². The third-order valence-corrected chi connectivity index (χ3v) is 6.22. The van der Waals surface area contributed by atoms with Crippen LogP contribution in [0.4, 0.5) is 10.5 Å². The average molecular weight is 429 g/mol. The summed E-state index contributed by atoms with van der Waals surface area (Å²) in [7, 11) is 1.65. The fourth-order valence-electron chi connectivity index (χ4n) is 4.35. The molecule has 31 heavy (non-hydrogen) atoms. The zero-order valence-corrected chi connectivity index (χ0v) is 18.8. The van der Waals surface area contributed by atoms with Gasteiger partial charge in [0.25, 0.3) is 11.8 Å². The highest BCUT2D eigenvalue weighted by Crippen LogP contribution is 2.39. The predicted molar refractivity (Wildman–Crippen MR) is 118 cm³/mol. The number of aryl methyl sites for hydroxylation is 1. The van der Waals surface area contributed by atoms with Crippen molar-refractivity contribution in [3.05, 3.63) is 29.3 Å². The summed E-state index contributed by atoms with van der Waals surface area (Å²) in [6, 6.07) is 4.60. The first-order chi connectivity index (χ1) is 14.7. The van der Waals surface area contributed by atoms with E-state index in [1.807, 2.05) is 13.8 Å². The van der Waals surface area contributed by atoms with Gasteiger partial charge in [-0.1, -0.05) is 33.1 Å². The zero-order valence-electron chi connectivity index (χ0n) is 18.8. The van der Waals surface area contributed by atoms with Crippen molar-refractivity contribution in [1.82, 2.24) is 15.1 Å². The van der Waals surface area contributed by atoms with Gasteiger partial charge in [-0.15, -0.1) is 0 Å². The molecule has 1 heterocycles. The Bertz CT molecular complexity index is 890. The molecule has 1 aromatic rings. The van der Waals surface area contributed by atoms with E-state index in [1.54, 1.807) is 32.2 Å². The lowest BCUT2D eigenvalue weighted by molar-refractivity contribution is -0.136. The highest BCUT2D eigenvalue weighted by Gasteiger charge is 2.55. The molecule has 8 nitrogen and oxygen atoms in total. The summed E-state index contributed by atoms with van der Waals surface area (Å²) in [5, 5.41) is 5.63. The fourth-order valence-corrected chi connectivity index (χ4v) is 4.35. The van der Waals surface area contributed by atoms with E-state index < -0.39 is 17.5 Å². The number of hydrogen-bond donors (Lipinski definition) is 2. The van der Waals surface area contributed by atoms with Crippen molar-refractivity contribution in [1.29, 1.82) is 0 Å². The van der Waals surface area contributed by atoms with Crippen LogP contribution in [0.15, 0.2) is 18.2 Å². The molecule has 1 aliphatic heterocycles. The van der Waals surface area contributed by atoms with Crippen LogP contribution in [-0.2, 0) is 9.59 Å². The molecule has 3 rings (SSSR count). The van der Waals surface area contributed by atoms with Gasteiger partial charge in [0.15, 0.2) is 0 Å². The summed E-state index contributed by atoms with van der Waals surface area (Å²) in [5.74, 6) is -0.526. The van der Waals surface area contributed by atoms with Crippen LogP contribution in [0.2, 0.25) is 0 Å². The highest BCUT2D eigenvalue weighted by molar-refractivity contribution is 6.10. The monoisotopic (exact) mass is 428 g/mol. The minimum Gasteiger partial charge on any atom is -0.352 e. The minimum atomic E-state index is -0.795. The number of rotatable bonds is 6. The lowest BCUT2D eigenvalue weighted by Gasteiger charge is -2.35. The molecule has 0 unspecified atom stereocenters. The van der Waals surface area contributed by atoms with E-state index in [1.165, 1.54) is 4.90 Å². The van der Waals surface area contributed by atoms with Crippen LogP contribution in [0, 0.1) is 12.8 Å². The van der Waals surface area contributed by atoms with E-state index in [9.17, 15) is 19.2 Å². The number of anilines is 1. The molecule has 2 fully saturated rings. The van der Waals surface area contributed by atoms with E-state index in [0.717, 1.165) is 29.7 Å². The molecule has 168 valence electrons. The van der Waals surface area contributed by atoms with Crippen LogP contribution in [0.1, 0.15) is 61.9 Å². The lowest BCUT2D eigenvalue weighted by atomic mass is 9.81. The molecule has 1 aliphatic carbocycles. The predicted octanol–water partition coefficient (Wildman–Crippen LogP) is 2.92. The maximum atomic E-state index is 13.0. The Morgan fingerprint density at radius 1 is 1.13 bits per heavy atom. The molecule has 1 spiro atoms. The smallest absolute Gasteiger partial charge is 0.327 e. The number of hydrogen-bond acceptors (Lipinski definition) is 4. The zero-order chi connectivity index (χ0) is 22.8. The van der Waals surface area contributed by atoms with Gasteiger partial charge in [0, 0.05) is 24.8 Å². The summed E-state index contributed by atoms with van der Waals surface area (Å²) >= 11 is 0. The topological polar surface area (TPSA) is 98.8 Å². The normalized spacial score (nSPS) is 18.1. The first kappa shape index (κ1) is 22.8. The summed E-state index contributed by atoms with van der Waals surface area (Å²) in [6.07, 6.45) is 4.15. The van der Waals surface area contributed by atoms with Gasteiger partial charge >= 0.3 is 6.03 Å². The number of nitrogens with zero attached hydrogens (tertiary/aromatic N) is 2. The van der Waals surface area contributed by atoms with Crippen LogP contribution in [0.3, 0.4) is 0 Å². The standard InChI is InChI=1S/C23H32N4O4/c1-15(2)13-24-20(29)17-8-9-18(16(3)12-17)25-19(28)14-27-21(30)23(26(4)22(27)31)10-6-5-7-11-23/h8-9,12,15H,5-7,10-11,13-14H2,1-4H3,(H,24,29)(H,25,28). The number of benzene rings is 1. The first-order valence-corrected chi connectivity index (χ1v) is 10.9. The Kier molecular flexibility index (Phi) is 6.67. The first-order valence-electron chi connectivity index (χ1n) is 10.9. The molecule has 0 atom stereocenters. The molecule has 0 aromatic heterocycles. The molecular formula is C23H32N4O4. The molecule has 0 radical (unpaired) electrons. The number of amides is 5. The maximum absolute atomic E-state index is 13.0. The number of imide groups is 1. The SMILES string of the molecule is Cc1cc(C(=O)NCC(C)C)ccc1NC(=O)CN1C(=O)N(C)C2(CCCCC2)C1=O. The van der Waals surface area contributed by atoms with Gasteiger partial charge < -0.3 is 15.5 Å². The van der Waals surface area contributed by atoms with Gasteiger partial charge in [-0.2, -0.15) is 0 Å². The third kappa shape index (κ3) is 4.57. The van der Waals surface area contributed by atoms with E-state index >= 15 is 0 Å². The van der Waals surface area contributed by atoms with Crippen LogP contribution in [0.25, 0.3) is 0 Å². The number of nitrogens with one attached hydrogen (secondary N) is 2. The summed E-state index contributed by atoms with van der Waals surface area (Å²) in [6.45, 7) is 6.11. The quantitative estimate of drug-likeness (QED) is 0.681. The van der Waals surface area contributed by atoms with E-state index in [2.05, 4.69) is 10.6 Å². The van der Waals surface area contributed by atoms with Crippen molar-refractivity contribution < 1.29 is 19.2 Å². The fraction of sp³-hybridized carbons (Fsp3) is 0.565. The second kappa shape index (κ2) is 9.08. The third-order valence-electron chi connectivity index (χ3n) is 6.22. The van der Waals surface area contributed by atoms with Crippen molar-refractivity contribution in [2.24, 2.45) is 5.92 Å². The molecular weight excluding hydrogens is 396 g/mol. The number of carbonyl (C=O) groups is 4. The molecule has 0 bridgehead atoms. The molecule has 8 heteroatoms. The lowest BCUT2D eigenvalue weighted by Crippen LogP contribution is -2.49. The maximum Gasteiger partial charge on any atom is 0.327 e. The minimum absolute atomic E-state index is 0.163. The highest BCUT2D eigenvalue weighted by atomic mass is 16.2. The van der Waals surface area contributed by atoms with Gasteiger partial charge in [-0.25, -0.2) is 4.79 Å². The van der Waals surface area contributed by atoms with Crippen LogP contribution in [-0.4, -0.2) is 59.2 Å². The Balaban J connectivity index is 1.65. The summed E-state index contributed by atoms with van der Waals surface area (Å²) in [5.41, 5.74) is 0.994.